The molecule has 0 radical (unpaired) electrons. The van der Waals surface area contributed by atoms with Crippen LogP contribution < -0.4 is 0 Å². The number of rotatable bonds is 2. The molecule has 1 fully saturated rings. The minimum absolute atomic E-state index is 0.103. The molecular weight excluding hydrogens is 307 g/mol. The average Bonchev–Trinajstić information content (AvgIpc) is 2.48. The maximum Gasteiger partial charge on any atom is 0.282 e. The molecule has 2 unspecified atom stereocenters. The van der Waals surface area contributed by atoms with Gasteiger partial charge in [-0.05, 0) is 43.5 Å². The van der Waals surface area contributed by atoms with Crippen molar-refractivity contribution in [2.75, 3.05) is 26.2 Å². The fourth-order valence-electron chi connectivity index (χ4n) is 3.22. The van der Waals surface area contributed by atoms with E-state index in [0.717, 1.165) is 11.1 Å². The van der Waals surface area contributed by atoms with Gasteiger partial charge in [-0.1, -0.05) is 6.07 Å². The molecule has 2 aliphatic heterocycles. The Morgan fingerprint density at radius 1 is 1.27 bits per heavy atom. The first kappa shape index (κ1) is 15.9. The molecule has 1 aromatic rings. The standard InChI is InChI=1S/C15H21FN2O3S/c1-11-10-17(7-8-21-11)22(19,20)18-6-5-13-3-4-14(16)9-15(13)12(18)2/h3-4,9,11-12H,5-8,10H2,1-2H3. The SMILES string of the molecule is CC1CN(S(=O)(=O)N2CCc3ccc(F)cc3C2C)CCO1. The third kappa shape index (κ3) is 2.78. The topological polar surface area (TPSA) is 49.9 Å². The highest BCUT2D eigenvalue weighted by molar-refractivity contribution is 7.86. The quantitative estimate of drug-likeness (QED) is 0.830. The van der Waals surface area contributed by atoms with Crippen LogP contribution in [0.3, 0.4) is 0 Å². The highest BCUT2D eigenvalue weighted by atomic mass is 32.2. The van der Waals surface area contributed by atoms with E-state index in [2.05, 4.69) is 0 Å². The lowest BCUT2D eigenvalue weighted by Crippen LogP contribution is -2.52. The average molecular weight is 328 g/mol. The van der Waals surface area contributed by atoms with Gasteiger partial charge in [-0.25, -0.2) is 4.39 Å². The molecule has 2 aliphatic rings. The van der Waals surface area contributed by atoms with Crippen LogP contribution in [0.25, 0.3) is 0 Å². The summed E-state index contributed by atoms with van der Waals surface area (Å²) in [5.74, 6) is -0.329. The highest BCUT2D eigenvalue weighted by Gasteiger charge is 2.38. The van der Waals surface area contributed by atoms with Gasteiger partial charge >= 0.3 is 0 Å². The summed E-state index contributed by atoms with van der Waals surface area (Å²) in [6, 6.07) is 4.27. The van der Waals surface area contributed by atoms with Crippen LogP contribution >= 0.6 is 0 Å². The first-order valence-electron chi connectivity index (χ1n) is 7.56. The number of ether oxygens (including phenoxy) is 1. The number of hydrogen-bond donors (Lipinski definition) is 0. The third-order valence-corrected chi connectivity index (χ3v) is 6.49. The third-order valence-electron chi connectivity index (χ3n) is 4.42. The minimum Gasteiger partial charge on any atom is -0.376 e. The number of benzene rings is 1. The van der Waals surface area contributed by atoms with Crippen molar-refractivity contribution in [2.24, 2.45) is 0 Å². The summed E-state index contributed by atoms with van der Waals surface area (Å²) in [6.07, 6.45) is 0.507. The highest BCUT2D eigenvalue weighted by Crippen LogP contribution is 2.33. The van der Waals surface area contributed by atoms with Gasteiger partial charge in [-0.3, -0.25) is 0 Å². The normalized spacial score (nSPS) is 27.6. The predicted octanol–water partition coefficient (Wildman–Crippen LogP) is 1.71. The second-order valence-electron chi connectivity index (χ2n) is 5.93. The Balaban J connectivity index is 1.89. The van der Waals surface area contributed by atoms with Crippen molar-refractivity contribution in [1.29, 1.82) is 0 Å². The number of hydrogen-bond acceptors (Lipinski definition) is 3. The molecule has 2 atom stereocenters. The smallest absolute Gasteiger partial charge is 0.282 e. The van der Waals surface area contributed by atoms with Crippen LogP contribution in [0.2, 0.25) is 0 Å². The number of nitrogens with zero attached hydrogens (tertiary/aromatic N) is 2. The van der Waals surface area contributed by atoms with Gasteiger partial charge in [0.1, 0.15) is 5.82 Å². The lowest BCUT2D eigenvalue weighted by molar-refractivity contribution is 0.00772. The van der Waals surface area contributed by atoms with Gasteiger partial charge in [0.05, 0.1) is 12.7 Å². The van der Waals surface area contributed by atoms with E-state index < -0.39 is 10.2 Å². The molecule has 0 N–H and O–H groups in total. The molecule has 0 aliphatic carbocycles. The molecule has 1 saturated heterocycles. The molecule has 0 spiro atoms. The van der Waals surface area contributed by atoms with E-state index in [1.165, 1.54) is 20.7 Å². The van der Waals surface area contributed by atoms with Gasteiger partial charge in [0.25, 0.3) is 10.2 Å². The molecule has 1 aromatic carbocycles. The predicted molar refractivity (Wildman–Crippen MR) is 81.1 cm³/mol. The van der Waals surface area contributed by atoms with E-state index >= 15 is 0 Å². The maximum atomic E-state index is 13.5. The Hall–Kier alpha value is -1.02. The van der Waals surface area contributed by atoms with Crippen LogP contribution in [0, 0.1) is 5.82 Å². The minimum atomic E-state index is -3.56. The second-order valence-corrected chi connectivity index (χ2v) is 7.81. The molecule has 0 saturated carbocycles. The van der Waals surface area contributed by atoms with Crippen molar-refractivity contribution < 1.29 is 17.5 Å². The van der Waals surface area contributed by atoms with E-state index in [1.807, 2.05) is 13.8 Å². The van der Waals surface area contributed by atoms with E-state index in [-0.39, 0.29) is 18.0 Å². The molecule has 0 aromatic heterocycles. The molecule has 0 amide bonds. The number of fused-ring (bicyclic) bond motifs is 1. The Labute approximate surface area is 130 Å². The molecule has 22 heavy (non-hydrogen) atoms. The molecule has 122 valence electrons. The van der Waals surface area contributed by atoms with Gasteiger partial charge in [-0.2, -0.15) is 17.0 Å². The van der Waals surface area contributed by atoms with Crippen LogP contribution in [0.15, 0.2) is 18.2 Å². The summed E-state index contributed by atoms with van der Waals surface area (Å²) in [4.78, 5) is 0. The van der Waals surface area contributed by atoms with Crippen molar-refractivity contribution in [1.82, 2.24) is 8.61 Å². The van der Waals surface area contributed by atoms with Crippen molar-refractivity contribution >= 4 is 10.2 Å². The van der Waals surface area contributed by atoms with Crippen LogP contribution in [0.1, 0.15) is 31.0 Å². The monoisotopic (exact) mass is 328 g/mol. The van der Waals surface area contributed by atoms with Gasteiger partial charge in [0, 0.05) is 25.7 Å². The summed E-state index contributed by atoms with van der Waals surface area (Å²) < 4.78 is 47.7. The van der Waals surface area contributed by atoms with Crippen LogP contribution in [-0.4, -0.2) is 49.4 Å². The molecule has 7 heteroatoms. The molecule has 2 heterocycles. The Kier molecular flexibility index (Phi) is 4.24. The fraction of sp³-hybridized carbons (Fsp3) is 0.600. The van der Waals surface area contributed by atoms with Crippen molar-refractivity contribution in [2.45, 2.75) is 32.4 Å². The van der Waals surface area contributed by atoms with Crippen molar-refractivity contribution in [3.8, 4) is 0 Å². The van der Waals surface area contributed by atoms with Gasteiger partial charge in [0.2, 0.25) is 0 Å². The summed E-state index contributed by atoms with van der Waals surface area (Å²) in [7, 11) is -3.56. The zero-order chi connectivity index (χ0) is 15.9. The summed E-state index contributed by atoms with van der Waals surface area (Å²) >= 11 is 0. The van der Waals surface area contributed by atoms with E-state index in [0.29, 0.717) is 32.7 Å². The first-order valence-corrected chi connectivity index (χ1v) is 8.96. The molecule has 0 bridgehead atoms. The Bertz CT molecular complexity index is 665. The van der Waals surface area contributed by atoms with E-state index in [4.69, 9.17) is 4.74 Å². The van der Waals surface area contributed by atoms with Crippen molar-refractivity contribution in [3.63, 3.8) is 0 Å². The summed E-state index contributed by atoms with van der Waals surface area (Å²) in [5, 5.41) is 0. The summed E-state index contributed by atoms with van der Waals surface area (Å²) in [5.41, 5.74) is 1.78. The van der Waals surface area contributed by atoms with Gasteiger partial charge < -0.3 is 4.74 Å². The maximum absolute atomic E-state index is 13.5. The zero-order valence-electron chi connectivity index (χ0n) is 12.8. The van der Waals surface area contributed by atoms with Crippen LogP contribution in [-0.2, 0) is 21.4 Å². The number of morpholine rings is 1. The molecular formula is C15H21FN2O3S. The van der Waals surface area contributed by atoms with Gasteiger partial charge in [0.15, 0.2) is 0 Å². The Morgan fingerprint density at radius 2 is 2.05 bits per heavy atom. The van der Waals surface area contributed by atoms with E-state index in [1.54, 1.807) is 6.07 Å². The lowest BCUT2D eigenvalue weighted by Gasteiger charge is -2.39. The molecule has 5 nitrogen and oxygen atoms in total. The zero-order valence-corrected chi connectivity index (χ0v) is 13.6. The number of halogens is 1. The second kappa shape index (κ2) is 5.88. The van der Waals surface area contributed by atoms with Crippen molar-refractivity contribution in [3.05, 3.63) is 35.1 Å². The largest absolute Gasteiger partial charge is 0.376 e. The summed E-state index contributed by atoms with van der Waals surface area (Å²) in [6.45, 7) is 5.25. The van der Waals surface area contributed by atoms with E-state index in [9.17, 15) is 12.8 Å². The Morgan fingerprint density at radius 3 is 2.77 bits per heavy atom. The van der Waals surface area contributed by atoms with Crippen LogP contribution in [0.4, 0.5) is 4.39 Å². The lowest BCUT2D eigenvalue weighted by atomic mass is 9.95. The molecule has 3 rings (SSSR count). The fourth-order valence-corrected chi connectivity index (χ4v) is 5.06. The van der Waals surface area contributed by atoms with Gasteiger partial charge in [-0.15, -0.1) is 0 Å². The van der Waals surface area contributed by atoms with Crippen LogP contribution in [0.5, 0.6) is 0 Å². The first-order chi connectivity index (χ1) is 10.4.